The van der Waals surface area contributed by atoms with Crippen LogP contribution in [0.25, 0.3) is 11.1 Å². The topological polar surface area (TPSA) is 0 Å². The van der Waals surface area contributed by atoms with Gasteiger partial charge >= 0.3 is 0 Å². The summed E-state index contributed by atoms with van der Waals surface area (Å²) in [6.45, 7) is 9.59. The molecule has 0 unspecified atom stereocenters. The molecule has 0 radical (unpaired) electrons. The van der Waals surface area contributed by atoms with Crippen LogP contribution in [0.15, 0.2) is 103 Å². The maximum Gasteiger partial charge on any atom is 0.150 e. The largest absolute Gasteiger partial charge is 0.150 e. The first kappa shape index (κ1) is 20.0. The molecule has 1 heteroatoms. The van der Waals surface area contributed by atoms with Gasteiger partial charge in [-0.3, -0.25) is 0 Å². The second kappa shape index (κ2) is 7.35. The SMILES string of the molecule is CC(C)[Si](c1ccccc1)(c1ccccc1)c1ccc2c(c1)C(C)(C)c1ccccc1-2. The lowest BCUT2D eigenvalue weighted by Gasteiger charge is -2.38. The van der Waals surface area contributed by atoms with Crippen LogP contribution in [0.5, 0.6) is 0 Å². The van der Waals surface area contributed by atoms with Crippen LogP contribution >= 0.6 is 0 Å². The van der Waals surface area contributed by atoms with Gasteiger partial charge in [-0.1, -0.05) is 131 Å². The van der Waals surface area contributed by atoms with Crippen molar-refractivity contribution in [3.63, 3.8) is 0 Å². The Bertz CT molecular complexity index is 1180. The predicted octanol–water partition coefficient (Wildman–Crippen LogP) is 5.87. The highest BCUT2D eigenvalue weighted by Crippen LogP contribution is 2.48. The lowest BCUT2D eigenvalue weighted by molar-refractivity contribution is 0.661. The van der Waals surface area contributed by atoms with E-state index in [0.717, 1.165) is 0 Å². The number of rotatable bonds is 4. The first-order valence-corrected chi connectivity index (χ1v) is 13.4. The van der Waals surface area contributed by atoms with Crippen LogP contribution in [0.4, 0.5) is 0 Å². The third-order valence-electron chi connectivity index (χ3n) is 7.36. The molecular weight excluding hydrogens is 388 g/mol. The molecule has 0 spiro atoms. The molecule has 1 aliphatic rings. The molecule has 0 amide bonds. The molecule has 0 bridgehead atoms. The third kappa shape index (κ3) is 2.87. The summed E-state index contributed by atoms with van der Waals surface area (Å²) >= 11 is 0. The van der Waals surface area contributed by atoms with E-state index < -0.39 is 8.07 Å². The summed E-state index contributed by atoms with van der Waals surface area (Å²) < 4.78 is 0. The van der Waals surface area contributed by atoms with Crippen molar-refractivity contribution in [1.82, 2.24) is 0 Å². The quantitative estimate of drug-likeness (QED) is 0.287. The van der Waals surface area contributed by atoms with Crippen LogP contribution in [0.2, 0.25) is 5.54 Å². The van der Waals surface area contributed by atoms with Gasteiger partial charge in [0.05, 0.1) is 0 Å². The molecule has 0 saturated carbocycles. The summed E-state index contributed by atoms with van der Waals surface area (Å²) in [4.78, 5) is 0. The Hall–Kier alpha value is -2.90. The average molecular weight is 419 g/mol. The Morgan fingerprint density at radius 1 is 0.548 bits per heavy atom. The fraction of sp³-hybridized carbons (Fsp3) is 0.200. The fourth-order valence-electron chi connectivity index (χ4n) is 5.85. The molecule has 0 aromatic heterocycles. The number of hydrogen-bond acceptors (Lipinski definition) is 0. The molecule has 0 nitrogen and oxygen atoms in total. The zero-order chi connectivity index (χ0) is 21.6. The van der Waals surface area contributed by atoms with Crippen LogP contribution in [0.3, 0.4) is 0 Å². The fourth-order valence-corrected chi connectivity index (χ4v) is 11.0. The molecule has 5 rings (SSSR count). The van der Waals surface area contributed by atoms with Crippen molar-refractivity contribution >= 4 is 23.6 Å². The molecule has 1 aliphatic carbocycles. The van der Waals surface area contributed by atoms with Crippen molar-refractivity contribution in [2.75, 3.05) is 0 Å². The minimum atomic E-state index is -2.21. The van der Waals surface area contributed by atoms with Gasteiger partial charge in [-0.2, -0.15) is 0 Å². The zero-order valence-corrected chi connectivity index (χ0v) is 19.9. The van der Waals surface area contributed by atoms with E-state index >= 15 is 0 Å². The first-order valence-electron chi connectivity index (χ1n) is 11.3. The van der Waals surface area contributed by atoms with Gasteiger partial charge in [-0.05, 0) is 43.4 Å². The van der Waals surface area contributed by atoms with Crippen molar-refractivity contribution in [1.29, 1.82) is 0 Å². The minimum absolute atomic E-state index is 0.0203. The second-order valence-electron chi connectivity index (χ2n) is 9.63. The van der Waals surface area contributed by atoms with E-state index in [9.17, 15) is 0 Å². The molecule has 154 valence electrons. The van der Waals surface area contributed by atoms with E-state index in [1.165, 1.54) is 37.8 Å². The van der Waals surface area contributed by atoms with E-state index in [2.05, 4.69) is 131 Å². The van der Waals surface area contributed by atoms with Crippen molar-refractivity contribution in [2.45, 2.75) is 38.7 Å². The van der Waals surface area contributed by atoms with Gasteiger partial charge in [-0.25, -0.2) is 0 Å². The lowest BCUT2D eigenvalue weighted by Crippen LogP contribution is -2.69. The summed E-state index contributed by atoms with van der Waals surface area (Å²) in [5.74, 6) is 0. The van der Waals surface area contributed by atoms with Crippen molar-refractivity contribution < 1.29 is 0 Å². The van der Waals surface area contributed by atoms with Crippen LogP contribution in [0.1, 0.15) is 38.8 Å². The Morgan fingerprint density at radius 2 is 1.06 bits per heavy atom. The van der Waals surface area contributed by atoms with E-state index in [4.69, 9.17) is 0 Å². The van der Waals surface area contributed by atoms with Gasteiger partial charge in [0.1, 0.15) is 0 Å². The summed E-state index contributed by atoms with van der Waals surface area (Å²) in [6, 6.07) is 38.8. The molecule has 31 heavy (non-hydrogen) atoms. The van der Waals surface area contributed by atoms with Gasteiger partial charge in [0.15, 0.2) is 8.07 Å². The van der Waals surface area contributed by atoms with E-state index in [-0.39, 0.29) is 5.41 Å². The van der Waals surface area contributed by atoms with Crippen LogP contribution in [0, 0.1) is 0 Å². The monoisotopic (exact) mass is 418 g/mol. The highest BCUT2D eigenvalue weighted by atomic mass is 28.3. The normalized spacial score (nSPS) is 14.4. The van der Waals surface area contributed by atoms with Gasteiger partial charge in [0.2, 0.25) is 0 Å². The smallest absolute Gasteiger partial charge is 0.0642 e. The van der Waals surface area contributed by atoms with Crippen LogP contribution in [-0.2, 0) is 5.41 Å². The Kier molecular flexibility index (Phi) is 4.75. The average Bonchev–Trinajstić information content (AvgIpc) is 3.03. The predicted molar refractivity (Wildman–Crippen MR) is 137 cm³/mol. The standard InChI is InChI=1S/C30H30Si/c1-22(2)31(23-13-7-5-8-14-23,24-15-9-6-10-16-24)25-19-20-27-26-17-11-12-18-28(26)30(3,4)29(27)21-25/h5-22H,1-4H3. The molecule has 0 atom stereocenters. The molecule has 0 aliphatic heterocycles. The lowest BCUT2D eigenvalue weighted by atomic mass is 9.82. The highest BCUT2D eigenvalue weighted by Gasteiger charge is 2.44. The molecule has 4 aromatic rings. The number of fused-ring (bicyclic) bond motifs is 3. The molecule has 0 fully saturated rings. The Labute approximate surface area is 187 Å². The molecule has 0 N–H and O–H groups in total. The number of benzene rings is 4. The van der Waals surface area contributed by atoms with Gasteiger partial charge in [-0.15, -0.1) is 0 Å². The van der Waals surface area contributed by atoms with Gasteiger partial charge < -0.3 is 0 Å². The summed E-state index contributed by atoms with van der Waals surface area (Å²) in [5, 5.41) is 4.49. The minimum Gasteiger partial charge on any atom is -0.0642 e. The molecule has 0 heterocycles. The number of hydrogen-bond donors (Lipinski definition) is 0. The van der Waals surface area contributed by atoms with Crippen LogP contribution < -0.4 is 15.6 Å². The van der Waals surface area contributed by atoms with Gasteiger partial charge in [0.25, 0.3) is 0 Å². The summed E-state index contributed by atoms with van der Waals surface area (Å²) in [7, 11) is -2.21. The first-order chi connectivity index (χ1) is 15.0. The zero-order valence-electron chi connectivity index (χ0n) is 18.9. The third-order valence-corrected chi connectivity index (χ3v) is 12.8. The van der Waals surface area contributed by atoms with E-state index in [1.54, 1.807) is 0 Å². The molecule has 0 saturated heterocycles. The van der Waals surface area contributed by atoms with E-state index in [0.29, 0.717) is 5.54 Å². The molecule has 4 aromatic carbocycles. The van der Waals surface area contributed by atoms with E-state index in [1.807, 2.05) is 0 Å². The van der Waals surface area contributed by atoms with Gasteiger partial charge in [0, 0.05) is 5.41 Å². The highest BCUT2D eigenvalue weighted by molar-refractivity contribution is 7.12. The summed E-state index contributed by atoms with van der Waals surface area (Å²) in [5.41, 5.74) is 6.26. The Balaban J connectivity index is 1.81. The second-order valence-corrected chi connectivity index (χ2v) is 14.1. The van der Waals surface area contributed by atoms with Crippen molar-refractivity contribution in [2.24, 2.45) is 0 Å². The van der Waals surface area contributed by atoms with Crippen molar-refractivity contribution in [3.8, 4) is 11.1 Å². The molecular formula is C30H30Si. The maximum absolute atomic E-state index is 2.56. The van der Waals surface area contributed by atoms with Crippen LogP contribution in [-0.4, -0.2) is 8.07 Å². The summed E-state index contributed by atoms with van der Waals surface area (Å²) in [6.07, 6.45) is 0. The van der Waals surface area contributed by atoms with Crippen molar-refractivity contribution in [3.05, 3.63) is 114 Å². The Morgan fingerprint density at radius 3 is 1.65 bits per heavy atom. The maximum atomic E-state index is 2.56.